The van der Waals surface area contributed by atoms with Crippen LogP contribution in [0.5, 0.6) is 5.75 Å². The van der Waals surface area contributed by atoms with Gasteiger partial charge in [-0.3, -0.25) is 0 Å². The molecule has 0 aliphatic carbocycles. The van der Waals surface area contributed by atoms with Crippen LogP contribution in [-0.4, -0.2) is 17.3 Å². The van der Waals surface area contributed by atoms with Gasteiger partial charge in [0, 0.05) is 5.56 Å². The van der Waals surface area contributed by atoms with Gasteiger partial charge in [-0.2, -0.15) is 10.2 Å². The van der Waals surface area contributed by atoms with Crippen LogP contribution < -0.4 is 10.5 Å². The zero-order chi connectivity index (χ0) is 15.6. The second-order valence-corrected chi connectivity index (χ2v) is 5.42. The highest BCUT2D eigenvalue weighted by Gasteiger charge is 2.20. The van der Waals surface area contributed by atoms with E-state index in [1.807, 2.05) is 19.1 Å². The second kappa shape index (κ2) is 6.22. The molecule has 112 valence electrons. The number of aryl methyl sites for hydroxylation is 4. The number of aromatic nitrogens is 2. The third kappa shape index (κ3) is 3.05. The molecular formula is C17H23N3O. The van der Waals surface area contributed by atoms with Crippen molar-refractivity contribution in [2.75, 3.05) is 7.11 Å². The van der Waals surface area contributed by atoms with Crippen LogP contribution >= 0.6 is 0 Å². The van der Waals surface area contributed by atoms with Gasteiger partial charge in [0.25, 0.3) is 0 Å². The van der Waals surface area contributed by atoms with Gasteiger partial charge in [-0.15, -0.1) is 0 Å². The minimum Gasteiger partial charge on any atom is -0.496 e. The van der Waals surface area contributed by atoms with Crippen LogP contribution in [0.2, 0.25) is 0 Å². The number of hydrogen-bond donors (Lipinski definition) is 1. The lowest BCUT2D eigenvalue weighted by molar-refractivity contribution is 0.407. The molecule has 2 N–H and O–H groups in total. The van der Waals surface area contributed by atoms with Crippen LogP contribution in [-0.2, 0) is 6.42 Å². The van der Waals surface area contributed by atoms with Crippen molar-refractivity contribution in [3.8, 4) is 5.75 Å². The summed E-state index contributed by atoms with van der Waals surface area (Å²) in [4.78, 5) is 0. The maximum atomic E-state index is 6.54. The number of methoxy groups -OCH3 is 1. The lowest BCUT2D eigenvalue weighted by Gasteiger charge is -2.21. The molecule has 0 amide bonds. The molecular weight excluding hydrogens is 262 g/mol. The highest BCUT2D eigenvalue weighted by atomic mass is 16.5. The normalized spacial score (nSPS) is 12.3. The number of ether oxygens (including phenoxy) is 1. The third-order valence-electron chi connectivity index (χ3n) is 3.72. The summed E-state index contributed by atoms with van der Waals surface area (Å²) in [6.45, 7) is 8.12. The molecule has 1 heterocycles. The molecule has 0 aliphatic heterocycles. The van der Waals surface area contributed by atoms with Crippen LogP contribution in [0, 0.1) is 20.8 Å². The summed E-state index contributed by atoms with van der Waals surface area (Å²) < 4.78 is 5.54. The smallest absolute Gasteiger partial charge is 0.124 e. The Hall–Kier alpha value is -1.94. The number of nitrogens with two attached hydrogens (primary N) is 1. The number of nitrogens with zero attached hydrogens (tertiary/aromatic N) is 2. The van der Waals surface area contributed by atoms with Gasteiger partial charge < -0.3 is 10.5 Å². The lowest BCUT2D eigenvalue weighted by Crippen LogP contribution is -2.18. The first-order valence-corrected chi connectivity index (χ1v) is 7.21. The quantitative estimate of drug-likeness (QED) is 0.938. The molecule has 0 saturated heterocycles. The lowest BCUT2D eigenvalue weighted by atomic mass is 9.92. The summed E-state index contributed by atoms with van der Waals surface area (Å²) in [5.74, 6) is 0.830. The molecule has 1 aromatic carbocycles. The second-order valence-electron chi connectivity index (χ2n) is 5.42. The zero-order valence-electron chi connectivity index (χ0n) is 13.4. The Morgan fingerprint density at radius 2 is 1.86 bits per heavy atom. The van der Waals surface area contributed by atoms with Crippen molar-refractivity contribution in [1.82, 2.24) is 10.2 Å². The summed E-state index contributed by atoms with van der Waals surface area (Å²) in [6, 6.07) is 5.92. The van der Waals surface area contributed by atoms with Gasteiger partial charge in [-0.25, -0.2) is 0 Å². The maximum Gasteiger partial charge on any atom is 0.124 e. The van der Waals surface area contributed by atoms with E-state index in [1.54, 1.807) is 7.11 Å². The summed E-state index contributed by atoms with van der Waals surface area (Å²) in [5, 5.41) is 8.40. The number of hydrogen-bond acceptors (Lipinski definition) is 4. The van der Waals surface area contributed by atoms with Crippen LogP contribution in [0.3, 0.4) is 0 Å². The minimum atomic E-state index is -0.260. The SMILES string of the molecule is CCc1nnc(C)cc1C(N)c1c(C)cc(C)cc1OC. The standard InChI is InChI=1S/C17H23N3O/c1-6-14-13(9-12(4)19-20-14)17(18)16-11(3)7-10(2)8-15(16)21-5/h7-9,17H,6,18H2,1-5H3. The fourth-order valence-electron chi connectivity index (χ4n) is 2.74. The van der Waals surface area contributed by atoms with Crippen LogP contribution in [0.1, 0.15) is 46.6 Å². The Morgan fingerprint density at radius 3 is 2.48 bits per heavy atom. The molecule has 0 saturated carbocycles. The highest BCUT2D eigenvalue weighted by molar-refractivity contribution is 5.49. The van der Waals surface area contributed by atoms with Crippen LogP contribution in [0.4, 0.5) is 0 Å². The van der Waals surface area contributed by atoms with E-state index < -0.39 is 0 Å². The Balaban J connectivity index is 2.59. The summed E-state index contributed by atoms with van der Waals surface area (Å²) in [5.41, 5.74) is 12.7. The van der Waals surface area contributed by atoms with Gasteiger partial charge in [-0.05, 0) is 56.0 Å². The van der Waals surface area contributed by atoms with E-state index in [1.165, 1.54) is 5.56 Å². The van der Waals surface area contributed by atoms with E-state index in [0.717, 1.165) is 40.2 Å². The van der Waals surface area contributed by atoms with Crippen LogP contribution in [0.25, 0.3) is 0 Å². The van der Waals surface area contributed by atoms with Gasteiger partial charge in [-0.1, -0.05) is 13.0 Å². The Bertz CT molecular complexity index is 653. The predicted molar refractivity (Wildman–Crippen MR) is 84.6 cm³/mol. The van der Waals surface area contributed by atoms with E-state index in [9.17, 15) is 0 Å². The summed E-state index contributed by atoms with van der Waals surface area (Å²) >= 11 is 0. The fourth-order valence-corrected chi connectivity index (χ4v) is 2.74. The summed E-state index contributed by atoms with van der Waals surface area (Å²) in [6.07, 6.45) is 0.809. The van der Waals surface area contributed by atoms with Gasteiger partial charge in [0.2, 0.25) is 0 Å². The predicted octanol–water partition coefficient (Wildman–Crippen LogP) is 3.02. The number of benzene rings is 1. The monoisotopic (exact) mass is 285 g/mol. The Morgan fingerprint density at radius 1 is 1.14 bits per heavy atom. The van der Waals surface area contributed by atoms with Crippen LogP contribution in [0.15, 0.2) is 18.2 Å². The molecule has 21 heavy (non-hydrogen) atoms. The molecule has 0 radical (unpaired) electrons. The van der Waals surface area contributed by atoms with Crippen molar-refractivity contribution in [2.45, 2.75) is 40.2 Å². The van der Waals surface area contributed by atoms with E-state index in [2.05, 4.69) is 37.0 Å². The molecule has 2 aromatic rings. The summed E-state index contributed by atoms with van der Waals surface area (Å²) in [7, 11) is 1.68. The molecule has 2 rings (SSSR count). The average Bonchev–Trinajstić information content (AvgIpc) is 2.45. The van der Waals surface area contributed by atoms with Gasteiger partial charge in [0.15, 0.2) is 0 Å². The zero-order valence-corrected chi connectivity index (χ0v) is 13.4. The molecule has 4 nitrogen and oxygen atoms in total. The average molecular weight is 285 g/mol. The largest absolute Gasteiger partial charge is 0.496 e. The molecule has 0 spiro atoms. The number of rotatable bonds is 4. The van der Waals surface area contributed by atoms with Gasteiger partial charge >= 0.3 is 0 Å². The van der Waals surface area contributed by atoms with Gasteiger partial charge in [0.05, 0.1) is 24.5 Å². The van der Waals surface area contributed by atoms with E-state index in [0.29, 0.717) is 0 Å². The van der Waals surface area contributed by atoms with Gasteiger partial charge in [0.1, 0.15) is 5.75 Å². The third-order valence-corrected chi connectivity index (χ3v) is 3.72. The molecule has 0 fully saturated rings. The van der Waals surface area contributed by atoms with Crippen molar-refractivity contribution in [1.29, 1.82) is 0 Å². The van der Waals surface area contributed by atoms with Crippen molar-refractivity contribution in [3.63, 3.8) is 0 Å². The molecule has 1 aromatic heterocycles. The first-order chi connectivity index (χ1) is 9.97. The molecule has 0 aliphatic rings. The van der Waals surface area contributed by atoms with E-state index >= 15 is 0 Å². The van der Waals surface area contributed by atoms with Crippen molar-refractivity contribution in [2.24, 2.45) is 5.73 Å². The van der Waals surface area contributed by atoms with Crippen molar-refractivity contribution < 1.29 is 4.74 Å². The first-order valence-electron chi connectivity index (χ1n) is 7.21. The molecule has 4 heteroatoms. The maximum absolute atomic E-state index is 6.54. The minimum absolute atomic E-state index is 0.260. The molecule has 1 unspecified atom stereocenters. The molecule has 0 bridgehead atoms. The first kappa shape index (κ1) is 15.4. The van der Waals surface area contributed by atoms with Crippen molar-refractivity contribution >= 4 is 0 Å². The topological polar surface area (TPSA) is 61.0 Å². The molecule has 1 atom stereocenters. The van der Waals surface area contributed by atoms with Crippen molar-refractivity contribution in [3.05, 3.63) is 51.8 Å². The highest BCUT2D eigenvalue weighted by Crippen LogP contribution is 2.33. The Labute approximate surface area is 126 Å². The van der Waals surface area contributed by atoms with E-state index in [-0.39, 0.29) is 6.04 Å². The van der Waals surface area contributed by atoms with E-state index in [4.69, 9.17) is 10.5 Å². The fraction of sp³-hybridized carbons (Fsp3) is 0.412. The Kier molecular flexibility index (Phi) is 4.58.